The topological polar surface area (TPSA) is 47.0 Å². The Morgan fingerprint density at radius 2 is 1.92 bits per heavy atom. The van der Waals surface area contributed by atoms with E-state index < -0.39 is 0 Å². The van der Waals surface area contributed by atoms with Gasteiger partial charge in [-0.1, -0.05) is 22.0 Å². The lowest BCUT2D eigenvalue weighted by molar-refractivity contribution is -0.694. The van der Waals surface area contributed by atoms with E-state index >= 15 is 0 Å². The van der Waals surface area contributed by atoms with Crippen molar-refractivity contribution in [1.82, 2.24) is 0 Å². The van der Waals surface area contributed by atoms with Crippen LogP contribution in [0.4, 0.5) is 0 Å². The molecule has 1 heterocycles. The number of rotatable bonds is 3. The molecule has 0 spiro atoms. The second-order valence-corrected chi connectivity index (χ2v) is 3.55. The van der Waals surface area contributed by atoms with Crippen molar-refractivity contribution in [2.75, 3.05) is 0 Å². The van der Waals surface area contributed by atoms with Crippen molar-refractivity contribution >= 4 is 21.8 Å². The van der Waals surface area contributed by atoms with Crippen molar-refractivity contribution in [3.05, 3.63) is 30.6 Å². The van der Waals surface area contributed by atoms with Crippen LogP contribution >= 0.6 is 15.9 Å². The third-order valence-corrected chi connectivity index (χ3v) is 2.20. The average molecular weight is 310 g/mol. The molecule has 0 saturated carbocycles. The minimum Gasteiger partial charge on any atom is -1.00 e. The Labute approximate surface area is 95.8 Å². The van der Waals surface area contributed by atoms with Crippen LogP contribution in [0.1, 0.15) is 0 Å². The van der Waals surface area contributed by atoms with Crippen LogP contribution in [0.2, 0.25) is 0 Å². The molecule has 13 heavy (non-hydrogen) atoms. The van der Waals surface area contributed by atoms with Gasteiger partial charge in [0, 0.05) is 12.1 Å². The maximum atomic E-state index is 10.7. The number of nitrogens with zero attached hydrogens (tertiary/aromatic N) is 1. The number of amides is 1. The number of halogens is 2. The van der Waals surface area contributed by atoms with E-state index in [4.69, 9.17) is 5.73 Å². The summed E-state index contributed by atoms with van der Waals surface area (Å²) in [6, 6.07) is 5.73. The fraction of sp³-hybridized carbons (Fsp3) is 0.250. The number of aromatic nitrogens is 1. The molecular formula is C8H10Br2N2O. The van der Waals surface area contributed by atoms with Crippen molar-refractivity contribution in [1.29, 1.82) is 0 Å². The summed E-state index contributed by atoms with van der Waals surface area (Å²) < 4.78 is 1.89. The lowest BCUT2D eigenvalue weighted by atomic mass is 10.4. The third-order valence-electron chi connectivity index (χ3n) is 1.46. The van der Waals surface area contributed by atoms with Gasteiger partial charge in [-0.15, -0.1) is 0 Å². The van der Waals surface area contributed by atoms with Gasteiger partial charge in [0.05, 0.1) is 0 Å². The lowest BCUT2D eigenvalue weighted by Gasteiger charge is -1.99. The highest BCUT2D eigenvalue weighted by Gasteiger charge is 2.15. The lowest BCUT2D eigenvalue weighted by Crippen LogP contribution is -3.00. The smallest absolute Gasteiger partial charge is 0.237 e. The molecule has 1 aromatic rings. The summed E-state index contributed by atoms with van der Waals surface area (Å²) in [6.07, 6.45) is 3.77. The molecule has 0 aromatic carbocycles. The normalized spacial score (nSPS) is 11.5. The highest BCUT2D eigenvalue weighted by molar-refractivity contribution is 9.10. The minimum atomic E-state index is -0.341. The summed E-state index contributed by atoms with van der Waals surface area (Å²) in [5.74, 6) is -0.341. The Balaban J connectivity index is 0.00000144. The van der Waals surface area contributed by atoms with E-state index in [9.17, 15) is 4.79 Å². The van der Waals surface area contributed by atoms with E-state index in [1.54, 1.807) is 0 Å². The number of alkyl halides is 1. The molecule has 0 fully saturated rings. The van der Waals surface area contributed by atoms with Gasteiger partial charge in [-0.2, -0.15) is 0 Å². The number of carbonyl (C=O) groups excluding carboxylic acids is 1. The van der Waals surface area contributed by atoms with Crippen molar-refractivity contribution in [3.63, 3.8) is 0 Å². The van der Waals surface area contributed by atoms with Crippen LogP contribution in [0.5, 0.6) is 0 Å². The SMILES string of the molecule is NC(=O)[C@H](Br)C[n+]1ccccc1.[Br-]. The first kappa shape index (κ1) is 12.6. The molecule has 0 aliphatic rings. The van der Waals surface area contributed by atoms with Gasteiger partial charge in [0.1, 0.15) is 0 Å². The Kier molecular flexibility index (Phi) is 5.90. The summed E-state index contributed by atoms with van der Waals surface area (Å²) in [5.41, 5.74) is 5.08. The fourth-order valence-corrected chi connectivity index (χ4v) is 1.17. The second kappa shape index (κ2) is 6.10. The Morgan fingerprint density at radius 1 is 1.38 bits per heavy atom. The fourth-order valence-electron chi connectivity index (χ4n) is 0.831. The van der Waals surface area contributed by atoms with Crippen LogP contribution < -0.4 is 27.3 Å². The second-order valence-electron chi connectivity index (χ2n) is 2.44. The Morgan fingerprint density at radius 3 is 2.38 bits per heavy atom. The van der Waals surface area contributed by atoms with Gasteiger partial charge < -0.3 is 22.7 Å². The van der Waals surface area contributed by atoms with Gasteiger partial charge in [-0.05, 0) is 0 Å². The summed E-state index contributed by atoms with van der Waals surface area (Å²) in [5, 5.41) is 0. The molecule has 1 aromatic heterocycles. The van der Waals surface area contributed by atoms with Crippen molar-refractivity contribution in [3.8, 4) is 0 Å². The molecule has 72 valence electrons. The predicted octanol–water partition coefficient (Wildman–Crippen LogP) is -2.77. The van der Waals surface area contributed by atoms with Crippen LogP contribution in [0, 0.1) is 0 Å². The molecule has 0 aliphatic heterocycles. The van der Waals surface area contributed by atoms with E-state index in [0.29, 0.717) is 6.54 Å². The van der Waals surface area contributed by atoms with Crippen molar-refractivity contribution < 1.29 is 26.3 Å². The Hall–Kier alpha value is -0.420. The van der Waals surface area contributed by atoms with Gasteiger partial charge in [-0.3, -0.25) is 4.79 Å². The van der Waals surface area contributed by atoms with Crippen LogP contribution in [0.25, 0.3) is 0 Å². The zero-order valence-corrected chi connectivity index (χ0v) is 10.0. The third kappa shape index (κ3) is 4.38. The number of carbonyl (C=O) groups is 1. The van der Waals surface area contributed by atoms with E-state index in [-0.39, 0.29) is 27.7 Å². The number of hydrogen-bond acceptors (Lipinski definition) is 1. The summed E-state index contributed by atoms with van der Waals surface area (Å²) in [6.45, 7) is 0.566. The monoisotopic (exact) mass is 308 g/mol. The Bertz CT molecular complexity index is 266. The number of hydrogen-bond donors (Lipinski definition) is 1. The van der Waals surface area contributed by atoms with Crippen LogP contribution in [-0.2, 0) is 11.3 Å². The molecule has 0 saturated heterocycles. The van der Waals surface area contributed by atoms with Gasteiger partial charge in [0.2, 0.25) is 5.91 Å². The number of nitrogens with two attached hydrogens (primary N) is 1. The van der Waals surface area contributed by atoms with Gasteiger partial charge in [-0.25, -0.2) is 4.57 Å². The number of pyridine rings is 1. The van der Waals surface area contributed by atoms with Crippen LogP contribution in [0.15, 0.2) is 30.6 Å². The molecule has 1 rings (SSSR count). The maximum Gasteiger partial charge on any atom is 0.237 e. The minimum absolute atomic E-state index is 0. The number of primary amides is 1. The van der Waals surface area contributed by atoms with E-state index in [1.807, 2.05) is 35.2 Å². The largest absolute Gasteiger partial charge is 1.00 e. The summed E-state index contributed by atoms with van der Waals surface area (Å²) in [4.78, 5) is 10.4. The molecule has 1 amide bonds. The first-order chi connectivity index (χ1) is 5.70. The van der Waals surface area contributed by atoms with Gasteiger partial charge >= 0.3 is 0 Å². The molecule has 0 unspecified atom stereocenters. The van der Waals surface area contributed by atoms with Gasteiger partial charge in [0.15, 0.2) is 23.8 Å². The molecule has 2 N–H and O–H groups in total. The summed E-state index contributed by atoms with van der Waals surface area (Å²) in [7, 11) is 0. The first-order valence-electron chi connectivity index (χ1n) is 3.57. The molecule has 3 nitrogen and oxygen atoms in total. The average Bonchev–Trinajstić information content (AvgIpc) is 2.06. The quantitative estimate of drug-likeness (QED) is 0.477. The highest BCUT2D eigenvalue weighted by atomic mass is 79.9. The molecule has 0 bridgehead atoms. The van der Waals surface area contributed by atoms with Crippen LogP contribution in [-0.4, -0.2) is 10.7 Å². The molecular weight excluding hydrogens is 300 g/mol. The molecule has 1 atom stereocenters. The molecule has 5 heteroatoms. The molecule has 0 radical (unpaired) electrons. The van der Waals surface area contributed by atoms with E-state index in [2.05, 4.69) is 15.9 Å². The van der Waals surface area contributed by atoms with E-state index in [0.717, 1.165) is 0 Å². The predicted molar refractivity (Wildman–Crippen MR) is 48.5 cm³/mol. The van der Waals surface area contributed by atoms with Crippen LogP contribution in [0.3, 0.4) is 0 Å². The summed E-state index contributed by atoms with van der Waals surface area (Å²) >= 11 is 3.18. The standard InChI is InChI=1S/C8H9BrN2O.BrH/c9-7(8(10)12)6-11-4-2-1-3-5-11;/h1-5,7H,6H2,(H-,10,12);1H/t7-;/m1./s1. The molecule has 0 aliphatic carbocycles. The van der Waals surface area contributed by atoms with Crippen molar-refractivity contribution in [2.24, 2.45) is 5.73 Å². The van der Waals surface area contributed by atoms with E-state index in [1.165, 1.54) is 0 Å². The maximum absolute atomic E-state index is 10.7. The first-order valence-corrected chi connectivity index (χ1v) is 4.49. The zero-order valence-electron chi connectivity index (χ0n) is 6.86. The zero-order chi connectivity index (χ0) is 8.97. The van der Waals surface area contributed by atoms with Gasteiger partial charge in [0.25, 0.3) is 0 Å². The van der Waals surface area contributed by atoms with Crippen molar-refractivity contribution in [2.45, 2.75) is 11.4 Å². The highest BCUT2D eigenvalue weighted by Crippen LogP contribution is 1.97.